The Morgan fingerprint density at radius 2 is 2.05 bits per heavy atom. The first-order chi connectivity index (χ1) is 9.46. The lowest BCUT2D eigenvalue weighted by Crippen LogP contribution is -2.70. The molecule has 2 rings (SSSR count). The van der Waals surface area contributed by atoms with Gasteiger partial charge >= 0.3 is 0 Å². The fourth-order valence-corrected chi connectivity index (χ4v) is 4.17. The van der Waals surface area contributed by atoms with E-state index in [9.17, 15) is 9.59 Å². The van der Waals surface area contributed by atoms with Crippen molar-refractivity contribution in [1.29, 1.82) is 0 Å². The number of carbonyl (C=O) groups is 2. The second-order valence-electron chi connectivity index (χ2n) is 6.14. The van der Waals surface area contributed by atoms with Crippen molar-refractivity contribution in [2.45, 2.75) is 75.7 Å². The zero-order valence-corrected chi connectivity index (χ0v) is 13.8. The second kappa shape index (κ2) is 5.96. The Morgan fingerprint density at radius 3 is 2.55 bits per heavy atom. The average Bonchev–Trinajstić information content (AvgIpc) is 2.91. The standard InChI is InChI=1S/C15H26N2O2S/c1-5-12-13(18)16-15(3,6-2)14(19)17(12)10-7-8-11(9-10)20-4/h10-12H,5-9H2,1-4H3,(H,16,18). The Morgan fingerprint density at radius 1 is 1.35 bits per heavy atom. The number of thioether (sulfide) groups is 1. The van der Waals surface area contributed by atoms with E-state index >= 15 is 0 Å². The minimum Gasteiger partial charge on any atom is -0.340 e. The Kier molecular flexibility index (Phi) is 4.67. The number of hydrogen-bond donors (Lipinski definition) is 1. The highest BCUT2D eigenvalue weighted by Gasteiger charge is 2.49. The van der Waals surface area contributed by atoms with Crippen LogP contribution < -0.4 is 5.32 Å². The molecule has 20 heavy (non-hydrogen) atoms. The van der Waals surface area contributed by atoms with Crippen LogP contribution in [0, 0.1) is 0 Å². The number of hydrogen-bond acceptors (Lipinski definition) is 3. The van der Waals surface area contributed by atoms with Gasteiger partial charge in [0.2, 0.25) is 11.8 Å². The van der Waals surface area contributed by atoms with E-state index in [0.717, 1.165) is 19.3 Å². The van der Waals surface area contributed by atoms with E-state index < -0.39 is 5.54 Å². The van der Waals surface area contributed by atoms with Gasteiger partial charge in [-0.2, -0.15) is 11.8 Å². The van der Waals surface area contributed by atoms with Gasteiger partial charge in [0.1, 0.15) is 11.6 Å². The van der Waals surface area contributed by atoms with Crippen molar-refractivity contribution < 1.29 is 9.59 Å². The fraction of sp³-hybridized carbons (Fsp3) is 0.867. The van der Waals surface area contributed by atoms with Crippen LogP contribution in [0.5, 0.6) is 0 Å². The van der Waals surface area contributed by atoms with Crippen LogP contribution in [-0.2, 0) is 9.59 Å². The molecule has 2 aliphatic rings. The fourth-order valence-electron chi connectivity index (χ4n) is 3.39. The summed E-state index contributed by atoms with van der Waals surface area (Å²) in [4.78, 5) is 27.1. The number of nitrogens with zero attached hydrogens (tertiary/aromatic N) is 1. The second-order valence-corrected chi connectivity index (χ2v) is 7.27. The maximum Gasteiger partial charge on any atom is 0.248 e. The molecular formula is C15H26N2O2S. The predicted octanol–water partition coefficient (Wildman–Crippen LogP) is 2.18. The van der Waals surface area contributed by atoms with Crippen LogP contribution in [0.2, 0.25) is 0 Å². The van der Waals surface area contributed by atoms with Crippen LogP contribution in [-0.4, -0.2) is 45.8 Å². The number of carbonyl (C=O) groups excluding carboxylic acids is 2. The van der Waals surface area contributed by atoms with E-state index in [1.807, 2.05) is 37.4 Å². The quantitative estimate of drug-likeness (QED) is 0.865. The number of rotatable bonds is 4. The van der Waals surface area contributed by atoms with Crippen LogP contribution in [0.3, 0.4) is 0 Å². The van der Waals surface area contributed by atoms with Gasteiger partial charge in [-0.1, -0.05) is 13.8 Å². The summed E-state index contributed by atoms with van der Waals surface area (Å²) >= 11 is 1.88. The molecule has 114 valence electrons. The Bertz CT molecular complexity index is 401. The lowest BCUT2D eigenvalue weighted by molar-refractivity contribution is -0.157. The smallest absolute Gasteiger partial charge is 0.248 e. The van der Waals surface area contributed by atoms with E-state index in [1.54, 1.807) is 0 Å². The van der Waals surface area contributed by atoms with E-state index in [-0.39, 0.29) is 23.9 Å². The van der Waals surface area contributed by atoms with Crippen LogP contribution >= 0.6 is 11.8 Å². The molecule has 1 aliphatic heterocycles. The lowest BCUT2D eigenvalue weighted by Gasteiger charge is -2.46. The van der Waals surface area contributed by atoms with Gasteiger partial charge in [-0.25, -0.2) is 0 Å². The largest absolute Gasteiger partial charge is 0.340 e. The SMILES string of the molecule is CCC1C(=O)NC(C)(CC)C(=O)N1C1CCC(SC)C1. The van der Waals surface area contributed by atoms with E-state index in [4.69, 9.17) is 0 Å². The third kappa shape index (κ3) is 2.57. The Labute approximate surface area is 126 Å². The number of piperazine rings is 1. The maximum absolute atomic E-state index is 12.9. The highest BCUT2D eigenvalue weighted by molar-refractivity contribution is 7.99. The molecule has 5 heteroatoms. The minimum atomic E-state index is -0.722. The van der Waals surface area contributed by atoms with Gasteiger partial charge in [-0.15, -0.1) is 0 Å². The van der Waals surface area contributed by atoms with Crippen LogP contribution in [0.25, 0.3) is 0 Å². The van der Waals surface area contributed by atoms with Gasteiger partial charge < -0.3 is 10.2 Å². The third-order valence-corrected chi connectivity index (χ3v) is 6.02. The van der Waals surface area contributed by atoms with E-state index in [1.165, 1.54) is 0 Å². The summed E-state index contributed by atoms with van der Waals surface area (Å²) in [6.45, 7) is 5.80. The summed E-state index contributed by atoms with van der Waals surface area (Å²) < 4.78 is 0. The molecule has 0 bridgehead atoms. The topological polar surface area (TPSA) is 49.4 Å². The van der Waals surface area contributed by atoms with Crippen molar-refractivity contribution in [3.8, 4) is 0 Å². The van der Waals surface area contributed by atoms with E-state index in [0.29, 0.717) is 18.1 Å². The highest BCUT2D eigenvalue weighted by Crippen LogP contribution is 2.35. The van der Waals surface area contributed by atoms with Gasteiger partial charge in [0.15, 0.2) is 0 Å². The molecule has 2 amide bonds. The summed E-state index contributed by atoms with van der Waals surface area (Å²) in [5.41, 5.74) is -0.722. The predicted molar refractivity (Wildman–Crippen MR) is 82.7 cm³/mol. The van der Waals surface area contributed by atoms with Crippen molar-refractivity contribution in [3.05, 3.63) is 0 Å². The summed E-state index contributed by atoms with van der Waals surface area (Å²) in [5.74, 6) is 0.127. The summed E-state index contributed by atoms with van der Waals surface area (Å²) in [6.07, 6.45) is 6.67. The maximum atomic E-state index is 12.9. The van der Waals surface area contributed by atoms with Crippen LogP contribution in [0.4, 0.5) is 0 Å². The van der Waals surface area contributed by atoms with Crippen molar-refractivity contribution in [3.63, 3.8) is 0 Å². The molecule has 0 radical (unpaired) electrons. The minimum absolute atomic E-state index is 0.0176. The first kappa shape index (κ1) is 15.7. The lowest BCUT2D eigenvalue weighted by atomic mass is 9.89. The van der Waals surface area contributed by atoms with Gasteiger partial charge in [0.05, 0.1) is 0 Å². The van der Waals surface area contributed by atoms with Crippen molar-refractivity contribution in [1.82, 2.24) is 10.2 Å². The highest BCUT2D eigenvalue weighted by atomic mass is 32.2. The molecule has 1 heterocycles. The molecule has 2 fully saturated rings. The van der Waals surface area contributed by atoms with Gasteiger partial charge in [-0.05, 0) is 45.3 Å². The summed E-state index contributed by atoms with van der Waals surface area (Å²) in [5, 5.41) is 3.56. The molecule has 4 nitrogen and oxygen atoms in total. The molecule has 0 spiro atoms. The normalized spacial score (nSPS) is 38.2. The molecule has 1 saturated carbocycles. The number of nitrogens with one attached hydrogen (secondary N) is 1. The Balaban J connectivity index is 2.26. The average molecular weight is 298 g/mol. The zero-order valence-electron chi connectivity index (χ0n) is 12.9. The van der Waals surface area contributed by atoms with Gasteiger partial charge in [0, 0.05) is 11.3 Å². The van der Waals surface area contributed by atoms with Gasteiger partial charge in [0.25, 0.3) is 0 Å². The summed E-state index contributed by atoms with van der Waals surface area (Å²) in [6, 6.07) is -0.0467. The van der Waals surface area contributed by atoms with Crippen molar-refractivity contribution >= 4 is 23.6 Å². The van der Waals surface area contributed by atoms with E-state index in [2.05, 4.69) is 11.6 Å². The molecule has 0 aromatic carbocycles. The Hall–Kier alpha value is -0.710. The van der Waals surface area contributed by atoms with Crippen molar-refractivity contribution in [2.75, 3.05) is 6.26 Å². The first-order valence-electron chi connectivity index (χ1n) is 7.64. The monoisotopic (exact) mass is 298 g/mol. The molecule has 1 saturated heterocycles. The molecule has 0 aromatic heterocycles. The van der Waals surface area contributed by atoms with Crippen LogP contribution in [0.15, 0.2) is 0 Å². The first-order valence-corrected chi connectivity index (χ1v) is 8.93. The molecular weight excluding hydrogens is 272 g/mol. The number of amides is 2. The third-order valence-electron chi connectivity index (χ3n) is 4.92. The molecule has 1 aliphatic carbocycles. The zero-order chi connectivity index (χ0) is 14.9. The molecule has 4 atom stereocenters. The van der Waals surface area contributed by atoms with Crippen LogP contribution in [0.1, 0.15) is 52.9 Å². The molecule has 1 N–H and O–H groups in total. The van der Waals surface area contributed by atoms with Crippen molar-refractivity contribution in [2.24, 2.45) is 0 Å². The summed E-state index contributed by atoms with van der Waals surface area (Å²) in [7, 11) is 0. The molecule has 0 aromatic rings. The van der Waals surface area contributed by atoms with Gasteiger partial charge in [-0.3, -0.25) is 9.59 Å². The molecule has 4 unspecified atom stereocenters.